The first kappa shape index (κ1) is 38.7. The van der Waals surface area contributed by atoms with Crippen LogP contribution < -0.4 is 0 Å². The first-order chi connectivity index (χ1) is 22.7. The third kappa shape index (κ3) is 10.7. The Morgan fingerprint density at radius 2 is 1.49 bits per heavy atom. The van der Waals surface area contributed by atoms with Crippen LogP contribution in [0.1, 0.15) is 202 Å². The Kier molecular flexibility index (Phi) is 16.0. The third-order valence-electron chi connectivity index (χ3n) is 14.2. The summed E-state index contributed by atoms with van der Waals surface area (Å²) < 4.78 is 6.12. The summed E-state index contributed by atoms with van der Waals surface area (Å²) in [7, 11) is 0. The molecule has 8 atom stereocenters. The van der Waals surface area contributed by atoms with Gasteiger partial charge in [0.05, 0.1) is 0 Å². The second-order valence-electron chi connectivity index (χ2n) is 18.0. The Labute approximate surface area is 293 Å². The molecule has 4 aliphatic rings. The minimum atomic E-state index is 0.0412. The predicted octanol–water partition coefficient (Wildman–Crippen LogP) is 14.0. The van der Waals surface area contributed by atoms with Crippen molar-refractivity contribution in [3.63, 3.8) is 0 Å². The highest BCUT2D eigenvalue weighted by molar-refractivity contribution is 5.69. The molecule has 4 aliphatic carbocycles. The molecule has 0 saturated heterocycles. The quantitative estimate of drug-likeness (QED) is 0.0702. The molecule has 47 heavy (non-hydrogen) atoms. The second-order valence-corrected chi connectivity index (χ2v) is 18.0. The third-order valence-corrected chi connectivity index (χ3v) is 14.2. The van der Waals surface area contributed by atoms with Gasteiger partial charge < -0.3 is 4.74 Å². The van der Waals surface area contributed by atoms with Crippen molar-refractivity contribution in [3.8, 4) is 0 Å². The van der Waals surface area contributed by atoms with Gasteiger partial charge in [0.2, 0.25) is 0 Å². The molecule has 0 amide bonds. The number of hydrogen-bond donors (Lipinski definition) is 0. The molecule has 270 valence electrons. The lowest BCUT2D eigenvalue weighted by atomic mass is 9.47. The van der Waals surface area contributed by atoms with E-state index in [1.165, 1.54) is 122 Å². The summed E-state index contributed by atoms with van der Waals surface area (Å²) in [6, 6.07) is 0. The van der Waals surface area contributed by atoms with E-state index in [0.717, 1.165) is 67.6 Å². The van der Waals surface area contributed by atoms with Gasteiger partial charge in [0.15, 0.2) is 0 Å². The maximum absolute atomic E-state index is 12.8. The van der Waals surface area contributed by atoms with Crippen LogP contribution >= 0.6 is 0 Å². The van der Waals surface area contributed by atoms with Crippen molar-refractivity contribution in [2.24, 2.45) is 46.3 Å². The van der Waals surface area contributed by atoms with E-state index in [1.807, 2.05) is 0 Å². The molecule has 2 heteroatoms. The van der Waals surface area contributed by atoms with Crippen LogP contribution in [-0.2, 0) is 9.53 Å². The zero-order chi connectivity index (χ0) is 33.7. The van der Waals surface area contributed by atoms with Crippen LogP contribution in [0.5, 0.6) is 0 Å². The molecular formula is C45H78O2. The van der Waals surface area contributed by atoms with E-state index in [-0.39, 0.29) is 12.1 Å². The molecule has 3 saturated carbocycles. The molecular weight excluding hydrogens is 572 g/mol. The summed E-state index contributed by atoms with van der Waals surface area (Å²) in [5.41, 5.74) is 2.52. The van der Waals surface area contributed by atoms with Crippen molar-refractivity contribution in [2.75, 3.05) is 0 Å². The van der Waals surface area contributed by atoms with E-state index < -0.39 is 0 Å². The summed E-state index contributed by atoms with van der Waals surface area (Å²) in [5.74, 6) is 5.29. The van der Waals surface area contributed by atoms with Crippen molar-refractivity contribution in [1.82, 2.24) is 0 Å². The van der Waals surface area contributed by atoms with E-state index in [1.54, 1.807) is 5.57 Å². The zero-order valence-electron chi connectivity index (χ0n) is 32.3. The van der Waals surface area contributed by atoms with Crippen LogP contribution in [0.15, 0.2) is 23.8 Å². The van der Waals surface area contributed by atoms with Crippen LogP contribution in [-0.4, -0.2) is 12.1 Å². The van der Waals surface area contributed by atoms with Crippen molar-refractivity contribution in [3.05, 3.63) is 23.8 Å². The van der Waals surface area contributed by atoms with Gasteiger partial charge in [-0.05, 0) is 123 Å². The van der Waals surface area contributed by atoms with Crippen LogP contribution in [0, 0.1) is 46.3 Å². The molecule has 0 unspecified atom stereocenters. The highest BCUT2D eigenvalue weighted by Crippen LogP contribution is 2.67. The molecule has 0 aromatic carbocycles. The summed E-state index contributed by atoms with van der Waals surface area (Å²) >= 11 is 0. The lowest BCUT2D eigenvalue weighted by Gasteiger charge is -2.58. The number of esters is 1. The van der Waals surface area contributed by atoms with Gasteiger partial charge in [-0.25, -0.2) is 0 Å². The molecule has 0 aromatic rings. The van der Waals surface area contributed by atoms with Gasteiger partial charge in [0.1, 0.15) is 6.10 Å². The molecule has 0 heterocycles. The lowest BCUT2D eigenvalue weighted by molar-refractivity contribution is -0.151. The number of hydrogen-bond acceptors (Lipinski definition) is 2. The maximum Gasteiger partial charge on any atom is 0.306 e. The van der Waals surface area contributed by atoms with E-state index >= 15 is 0 Å². The Hall–Kier alpha value is -1.05. The number of unbranched alkanes of at least 4 members (excludes halogenated alkanes) is 11. The molecule has 0 radical (unpaired) electrons. The number of allylic oxidation sites excluding steroid dienone is 3. The largest absolute Gasteiger partial charge is 0.462 e. The first-order valence-corrected chi connectivity index (χ1v) is 21.2. The summed E-state index contributed by atoms with van der Waals surface area (Å²) in [4.78, 5) is 12.8. The fraction of sp³-hybridized carbons (Fsp3) is 0.889. The lowest BCUT2D eigenvalue weighted by Crippen LogP contribution is -2.51. The van der Waals surface area contributed by atoms with Crippen molar-refractivity contribution >= 4 is 5.97 Å². The molecule has 2 nitrogen and oxygen atoms in total. The highest BCUT2D eigenvalue weighted by atomic mass is 16.5. The SMILES string of the molecule is CCCCCCCCCCC/C=C\CCCCC(=O)O[C@H]1CC[C@@]2(C)C(=CC[C@H]3[C@@H]4CC[C@H]([C@H](C)CCCC(C)C)[C@@]4(C)CC[C@@H]32)C1. The molecule has 0 spiro atoms. The number of fused-ring (bicyclic) bond motifs is 5. The van der Waals surface area contributed by atoms with Crippen molar-refractivity contribution in [2.45, 2.75) is 208 Å². The smallest absolute Gasteiger partial charge is 0.306 e. The summed E-state index contributed by atoms with van der Waals surface area (Å²) in [5, 5.41) is 0. The van der Waals surface area contributed by atoms with E-state index in [9.17, 15) is 4.79 Å². The van der Waals surface area contributed by atoms with Crippen molar-refractivity contribution < 1.29 is 9.53 Å². The minimum Gasteiger partial charge on any atom is -0.462 e. The Morgan fingerprint density at radius 1 is 0.809 bits per heavy atom. The first-order valence-electron chi connectivity index (χ1n) is 21.2. The average molecular weight is 651 g/mol. The highest BCUT2D eigenvalue weighted by Gasteiger charge is 2.59. The van der Waals surface area contributed by atoms with Crippen molar-refractivity contribution in [1.29, 1.82) is 0 Å². The van der Waals surface area contributed by atoms with E-state index in [4.69, 9.17) is 4.74 Å². The predicted molar refractivity (Wildman–Crippen MR) is 202 cm³/mol. The zero-order valence-corrected chi connectivity index (χ0v) is 32.3. The van der Waals surface area contributed by atoms with Crippen LogP contribution in [0.3, 0.4) is 0 Å². The molecule has 4 rings (SSSR count). The fourth-order valence-electron chi connectivity index (χ4n) is 11.3. The minimum absolute atomic E-state index is 0.0412. The van der Waals surface area contributed by atoms with Gasteiger partial charge in [0, 0.05) is 12.8 Å². The van der Waals surface area contributed by atoms with Gasteiger partial charge in [-0.3, -0.25) is 4.79 Å². The van der Waals surface area contributed by atoms with Gasteiger partial charge in [-0.1, -0.05) is 136 Å². The summed E-state index contributed by atoms with van der Waals surface area (Å²) in [6.45, 7) is 14.9. The van der Waals surface area contributed by atoms with Gasteiger partial charge >= 0.3 is 5.97 Å². The van der Waals surface area contributed by atoms with Crippen LogP contribution in [0.2, 0.25) is 0 Å². The number of rotatable bonds is 21. The fourth-order valence-corrected chi connectivity index (χ4v) is 11.3. The van der Waals surface area contributed by atoms with Gasteiger partial charge in [-0.15, -0.1) is 0 Å². The number of ether oxygens (including phenoxy) is 1. The van der Waals surface area contributed by atoms with Gasteiger partial charge in [0.25, 0.3) is 0 Å². The average Bonchev–Trinajstić information content (AvgIpc) is 3.40. The number of carbonyl (C=O) groups excluding carboxylic acids is 1. The number of carbonyl (C=O) groups is 1. The Bertz CT molecular complexity index is 976. The Morgan fingerprint density at radius 3 is 2.19 bits per heavy atom. The molecule has 3 fully saturated rings. The molecule has 0 N–H and O–H groups in total. The topological polar surface area (TPSA) is 26.3 Å². The summed E-state index contributed by atoms with van der Waals surface area (Å²) in [6.07, 6.45) is 39.5. The van der Waals surface area contributed by atoms with E-state index in [0.29, 0.717) is 17.3 Å². The van der Waals surface area contributed by atoms with E-state index in [2.05, 4.69) is 59.8 Å². The molecule has 0 bridgehead atoms. The standard InChI is InChI=1S/C45H78O2/c1-7-8-9-10-11-12-13-14-15-16-17-18-19-20-21-25-43(46)47-38-30-32-44(5)37(34-38)26-27-39-41-29-28-40(36(4)24-22-23-35(2)3)45(41,6)33-31-42(39)44/h17-18,26,35-36,38-42H,7-16,19-25,27-34H2,1-6H3/b18-17-/t36-,38+,39+,40-,41+,42+,44+,45-/m1/s1. The van der Waals surface area contributed by atoms with Crippen LogP contribution in [0.4, 0.5) is 0 Å². The van der Waals surface area contributed by atoms with Crippen LogP contribution in [0.25, 0.3) is 0 Å². The van der Waals surface area contributed by atoms with Gasteiger partial charge in [-0.2, -0.15) is 0 Å². The molecule has 0 aliphatic heterocycles. The molecule has 0 aromatic heterocycles. The monoisotopic (exact) mass is 651 g/mol. The maximum atomic E-state index is 12.8. The second kappa shape index (κ2) is 19.4. The normalized spacial score (nSPS) is 32.6. The Balaban J connectivity index is 1.12.